The van der Waals surface area contributed by atoms with Gasteiger partial charge < -0.3 is 19.4 Å². The predicted molar refractivity (Wildman–Crippen MR) is 230 cm³/mol. The van der Waals surface area contributed by atoms with E-state index >= 15 is 0 Å². The smallest absolute Gasteiger partial charge is 0.333 e. The minimum atomic E-state index is -1.99. The minimum Gasteiger partial charge on any atom is -0.359 e. The number of hydrogen-bond donors (Lipinski definition) is 1. The number of halogens is 1. The molecule has 0 spiro atoms. The molecule has 0 bridgehead atoms. The van der Waals surface area contributed by atoms with Gasteiger partial charge >= 0.3 is 5.97 Å². The number of pyridine rings is 3. The van der Waals surface area contributed by atoms with E-state index in [-0.39, 0.29) is 36.8 Å². The predicted octanol–water partition coefficient (Wildman–Crippen LogP) is 10.1. The average molecular weight is 986 g/mol. The number of carbonyl (C=O) groups excluding carboxylic acids is 1. The van der Waals surface area contributed by atoms with Crippen molar-refractivity contribution in [2.24, 2.45) is 5.92 Å². The monoisotopic (exact) mass is 986 g/mol. The third-order valence-corrected chi connectivity index (χ3v) is 14.6. The first-order chi connectivity index (χ1) is 27.1. The Labute approximate surface area is 356 Å². The summed E-state index contributed by atoms with van der Waals surface area (Å²) in [4.78, 5) is 35.8. The zero-order valence-corrected chi connectivity index (χ0v) is 37.9. The summed E-state index contributed by atoms with van der Waals surface area (Å²) in [7, 11) is -1.99. The summed E-state index contributed by atoms with van der Waals surface area (Å²) >= 11 is 1.61. The second-order valence-electron chi connectivity index (χ2n) is 16.1. The normalized spacial score (nSPS) is 11.8. The van der Waals surface area contributed by atoms with Crippen LogP contribution >= 0.6 is 11.3 Å². The molecule has 0 aliphatic carbocycles. The van der Waals surface area contributed by atoms with E-state index in [1.54, 1.807) is 11.3 Å². The number of imidazole rings is 1. The second-order valence-corrected chi connectivity index (χ2v) is 21.5. The molecule has 0 saturated heterocycles. The van der Waals surface area contributed by atoms with Gasteiger partial charge in [-0.2, -0.15) is 0 Å². The van der Waals surface area contributed by atoms with E-state index in [0.717, 1.165) is 66.6 Å². The van der Waals surface area contributed by atoms with Gasteiger partial charge in [0.2, 0.25) is 0 Å². The molecule has 0 aliphatic rings. The van der Waals surface area contributed by atoms with Crippen LogP contribution in [0.5, 0.6) is 0 Å². The van der Waals surface area contributed by atoms with Gasteiger partial charge in [0.15, 0.2) is 0 Å². The maximum Gasteiger partial charge on any atom is 0.333 e. The maximum absolute atomic E-state index is 14.7. The number of rotatable bonds is 7. The number of thiophene rings is 1. The molecule has 0 amide bonds. The summed E-state index contributed by atoms with van der Waals surface area (Å²) in [6, 6.07) is 32.0. The van der Waals surface area contributed by atoms with Crippen LogP contribution in [0.4, 0.5) is 4.39 Å². The van der Waals surface area contributed by atoms with Crippen molar-refractivity contribution in [1.82, 2.24) is 24.5 Å². The van der Waals surface area contributed by atoms with Crippen molar-refractivity contribution in [1.29, 1.82) is 0 Å². The Kier molecular flexibility index (Phi) is 12.6. The van der Waals surface area contributed by atoms with Crippen LogP contribution in [0.15, 0.2) is 97.2 Å². The van der Waals surface area contributed by atoms with Crippen molar-refractivity contribution in [2.45, 2.75) is 66.6 Å². The van der Waals surface area contributed by atoms with Crippen molar-refractivity contribution in [2.75, 3.05) is 0 Å². The fourth-order valence-electron chi connectivity index (χ4n) is 7.24. The van der Waals surface area contributed by atoms with Gasteiger partial charge in [0, 0.05) is 53.6 Å². The molecule has 3 aromatic carbocycles. The molecular formula is C46H44FIrN5O3SSi-2. The quantitative estimate of drug-likeness (QED) is 0.0735. The van der Waals surface area contributed by atoms with E-state index < -0.39 is 19.9 Å². The average Bonchev–Trinajstić information content (AvgIpc) is 3.76. The summed E-state index contributed by atoms with van der Waals surface area (Å²) in [6.45, 7) is 17.5. The standard InChI is InChI=1S/C24H25FNO3Si.C22H19N4S.Ir/c1-16(2)12-18-14-22(20-11-10-17(13-21(20)25)24(27)29-28)26-15-23(18)30(3,4)19-8-6-5-7-9-19;1-13-9-10-15-16-11-14(12-23-20(16)27-21(15)24-13)19-25-17-7-5-6-8-18(17)26(19)22(2,3)4;/h5-10,13-16,28H,12H2,1-4H3;5-11H,1-4H3;/q2*-1;. The van der Waals surface area contributed by atoms with E-state index in [0.29, 0.717) is 11.6 Å². The van der Waals surface area contributed by atoms with Crippen molar-refractivity contribution in [3.63, 3.8) is 0 Å². The van der Waals surface area contributed by atoms with Crippen LogP contribution in [0.2, 0.25) is 13.1 Å². The van der Waals surface area contributed by atoms with Crippen LogP contribution in [-0.4, -0.2) is 43.8 Å². The molecule has 12 heteroatoms. The number of fused-ring (bicyclic) bond motifs is 4. The molecule has 0 aliphatic heterocycles. The van der Waals surface area contributed by atoms with E-state index in [9.17, 15) is 9.18 Å². The Morgan fingerprint density at radius 2 is 1.69 bits per heavy atom. The van der Waals surface area contributed by atoms with Gasteiger partial charge in [0.1, 0.15) is 12.9 Å². The molecular weight excluding hydrogens is 942 g/mol. The van der Waals surface area contributed by atoms with Gasteiger partial charge in [0.05, 0.1) is 16.9 Å². The summed E-state index contributed by atoms with van der Waals surface area (Å²) < 4.78 is 17.0. The fourth-order valence-corrected chi connectivity index (χ4v) is 11.0. The van der Waals surface area contributed by atoms with Gasteiger partial charge in [0.25, 0.3) is 0 Å². The number of nitrogens with zero attached hydrogens (tertiary/aromatic N) is 5. The first kappa shape index (κ1) is 42.6. The fraction of sp³-hybridized carbons (Fsp3) is 0.239. The number of aryl methyl sites for hydroxylation is 1. The van der Waals surface area contributed by atoms with Gasteiger partial charge in [-0.3, -0.25) is 14.2 Å². The maximum atomic E-state index is 14.7. The third-order valence-electron chi connectivity index (χ3n) is 10.0. The van der Waals surface area contributed by atoms with Crippen LogP contribution < -0.4 is 10.4 Å². The largest absolute Gasteiger partial charge is 0.359 e. The summed E-state index contributed by atoms with van der Waals surface area (Å²) in [5.41, 5.74) is 5.63. The molecule has 58 heavy (non-hydrogen) atoms. The molecule has 5 heterocycles. The molecule has 5 aromatic heterocycles. The first-order valence-corrected chi connectivity index (χ1v) is 22.7. The van der Waals surface area contributed by atoms with E-state index in [1.807, 2.05) is 31.3 Å². The Morgan fingerprint density at radius 1 is 0.966 bits per heavy atom. The van der Waals surface area contributed by atoms with Gasteiger partial charge in [-0.15, -0.1) is 29.5 Å². The number of hydrogen-bond acceptors (Lipinski definition) is 8. The van der Waals surface area contributed by atoms with Crippen LogP contribution in [-0.2, 0) is 37.0 Å². The van der Waals surface area contributed by atoms with Crippen molar-refractivity contribution < 1.29 is 39.4 Å². The van der Waals surface area contributed by atoms with Gasteiger partial charge in [-0.25, -0.2) is 10.2 Å². The molecule has 8 rings (SSSR count). The Morgan fingerprint density at radius 3 is 2.38 bits per heavy atom. The molecule has 1 radical (unpaired) electrons. The third kappa shape index (κ3) is 8.58. The van der Waals surface area contributed by atoms with Crippen molar-refractivity contribution in [3.8, 4) is 22.6 Å². The summed E-state index contributed by atoms with van der Waals surface area (Å²) in [6.07, 6.45) is 5.95. The summed E-state index contributed by atoms with van der Waals surface area (Å²) in [5.74, 6) is -0.350. The van der Waals surface area contributed by atoms with Crippen molar-refractivity contribution in [3.05, 3.63) is 132 Å². The molecule has 0 unspecified atom stereocenters. The minimum absolute atomic E-state index is 0. The molecule has 299 valence electrons. The topological polar surface area (TPSA) is 103 Å². The zero-order chi connectivity index (χ0) is 40.6. The molecule has 0 saturated carbocycles. The molecule has 1 N–H and O–H groups in total. The molecule has 0 fully saturated rings. The van der Waals surface area contributed by atoms with Crippen molar-refractivity contribution >= 4 is 67.2 Å². The molecule has 8 aromatic rings. The SMILES string of the molecule is CC(C)Cc1cc(-c2[c-]cc(C(=O)OO)cc2F)ncc1[Si](C)(C)c1ccccc1.Cc1ccc2c(n1)sc1n[c-]c(-c3nc4ccccc4n3C(C)(C)C)cc12.[Ir]. The van der Waals surface area contributed by atoms with E-state index in [4.69, 9.17) is 10.2 Å². The van der Waals surface area contributed by atoms with Crippen LogP contribution in [0.3, 0.4) is 0 Å². The number of carbonyl (C=O) groups is 1. The first-order valence-electron chi connectivity index (χ1n) is 18.8. The second kappa shape index (κ2) is 17.1. The van der Waals surface area contributed by atoms with Crippen LogP contribution in [0.25, 0.3) is 54.1 Å². The Balaban J connectivity index is 0.000000193. The Hall–Kier alpha value is -4.97. The van der Waals surface area contributed by atoms with Gasteiger partial charge in [-0.05, 0) is 80.9 Å². The van der Waals surface area contributed by atoms with Crippen LogP contribution in [0.1, 0.15) is 56.2 Å². The summed E-state index contributed by atoms with van der Waals surface area (Å²) in [5, 5.41) is 13.3. The molecule has 8 nitrogen and oxygen atoms in total. The number of aromatic nitrogens is 5. The number of para-hydroxylation sites is 2. The zero-order valence-electron chi connectivity index (χ0n) is 33.6. The van der Waals surface area contributed by atoms with Crippen LogP contribution in [0, 0.1) is 30.9 Å². The van der Waals surface area contributed by atoms with E-state index in [2.05, 4.69) is 145 Å². The molecule has 0 atom stereocenters. The van der Waals surface area contributed by atoms with E-state index in [1.165, 1.54) is 16.4 Å². The van der Waals surface area contributed by atoms with Gasteiger partial charge in [-0.1, -0.05) is 115 Å². The number of benzene rings is 3. The Bertz CT molecular complexity index is 2760.